The molecule has 4 aliphatic carbocycles. The molecule has 4 bridgehead atoms. The van der Waals surface area contributed by atoms with Gasteiger partial charge in [0.15, 0.2) is 0 Å². The molecule has 0 atom stereocenters. The molecule has 4 saturated carbocycles. The Morgan fingerprint density at radius 3 is 2.23 bits per heavy atom. The van der Waals surface area contributed by atoms with E-state index >= 15 is 0 Å². The van der Waals surface area contributed by atoms with Gasteiger partial charge in [0.2, 0.25) is 17.7 Å². The maximum absolute atomic E-state index is 13.5. The zero-order chi connectivity index (χ0) is 20.8. The summed E-state index contributed by atoms with van der Waals surface area (Å²) in [6, 6.07) is 9.90. The van der Waals surface area contributed by atoms with E-state index in [4.69, 9.17) is 4.42 Å². The van der Waals surface area contributed by atoms with E-state index in [1.54, 1.807) is 0 Å². The van der Waals surface area contributed by atoms with Gasteiger partial charge < -0.3 is 9.32 Å². The molecule has 1 aromatic heterocycles. The molecular weight excluding hydrogens is 388 g/mol. The van der Waals surface area contributed by atoms with E-state index < -0.39 is 0 Å². The maximum Gasteiger partial charge on any atom is 0.247 e. The molecule has 31 heavy (non-hydrogen) atoms. The van der Waals surface area contributed by atoms with Crippen LogP contribution < -0.4 is 0 Å². The van der Waals surface area contributed by atoms with Gasteiger partial charge in [0.05, 0.1) is 5.41 Å². The molecule has 0 radical (unpaired) electrons. The second-order valence-electron chi connectivity index (χ2n) is 10.4. The van der Waals surface area contributed by atoms with E-state index in [-0.39, 0.29) is 5.41 Å². The Balaban J connectivity index is 1.02. The lowest BCUT2D eigenvalue weighted by molar-refractivity contribution is -0.159. The van der Waals surface area contributed by atoms with Gasteiger partial charge in [0.1, 0.15) is 0 Å². The molecule has 1 amide bonds. The second kappa shape index (κ2) is 7.73. The predicted molar refractivity (Wildman–Crippen MR) is 117 cm³/mol. The van der Waals surface area contributed by atoms with Crippen molar-refractivity contribution in [3.8, 4) is 11.5 Å². The molecule has 2 heterocycles. The molecule has 1 aliphatic heterocycles. The number of hydrogen-bond acceptors (Lipinski definition) is 5. The molecule has 1 saturated heterocycles. The monoisotopic (exact) mass is 420 g/mol. The van der Waals surface area contributed by atoms with Crippen molar-refractivity contribution in [3.63, 3.8) is 0 Å². The van der Waals surface area contributed by atoms with Gasteiger partial charge in [0.25, 0.3) is 0 Å². The van der Waals surface area contributed by atoms with Crippen molar-refractivity contribution >= 4 is 5.91 Å². The van der Waals surface area contributed by atoms with Gasteiger partial charge in [-0.3, -0.25) is 9.69 Å². The van der Waals surface area contributed by atoms with Crippen molar-refractivity contribution in [2.45, 2.75) is 44.9 Å². The number of carbonyl (C=O) groups is 1. The molecule has 6 nitrogen and oxygen atoms in total. The van der Waals surface area contributed by atoms with Gasteiger partial charge in [-0.2, -0.15) is 0 Å². The van der Waals surface area contributed by atoms with Crippen LogP contribution in [0, 0.1) is 23.2 Å². The van der Waals surface area contributed by atoms with Crippen molar-refractivity contribution in [1.29, 1.82) is 0 Å². The van der Waals surface area contributed by atoms with Crippen LogP contribution in [0.25, 0.3) is 11.5 Å². The van der Waals surface area contributed by atoms with Crippen LogP contribution in [0.15, 0.2) is 34.7 Å². The van der Waals surface area contributed by atoms with E-state index in [0.29, 0.717) is 17.7 Å². The van der Waals surface area contributed by atoms with Gasteiger partial charge in [-0.15, -0.1) is 10.2 Å². The number of benzene rings is 1. The maximum atomic E-state index is 13.5. The van der Waals surface area contributed by atoms with E-state index in [1.807, 2.05) is 30.3 Å². The van der Waals surface area contributed by atoms with E-state index in [2.05, 4.69) is 20.0 Å². The number of amides is 1. The highest BCUT2D eigenvalue weighted by molar-refractivity contribution is 5.83. The van der Waals surface area contributed by atoms with Crippen molar-refractivity contribution in [2.75, 3.05) is 32.7 Å². The van der Waals surface area contributed by atoms with Crippen molar-refractivity contribution in [2.24, 2.45) is 23.2 Å². The molecule has 7 rings (SSSR count). The quantitative estimate of drug-likeness (QED) is 0.739. The second-order valence-corrected chi connectivity index (χ2v) is 10.4. The molecule has 5 aliphatic rings. The minimum absolute atomic E-state index is 0.00544. The lowest BCUT2D eigenvalue weighted by Gasteiger charge is -2.57. The van der Waals surface area contributed by atoms with E-state index in [0.717, 1.165) is 62.5 Å². The Bertz CT molecular complexity index is 897. The minimum atomic E-state index is -0.00544. The van der Waals surface area contributed by atoms with Gasteiger partial charge in [-0.05, 0) is 68.4 Å². The average molecular weight is 421 g/mol. The van der Waals surface area contributed by atoms with Gasteiger partial charge in [-0.1, -0.05) is 18.2 Å². The van der Waals surface area contributed by atoms with Gasteiger partial charge in [-0.25, -0.2) is 0 Å². The topological polar surface area (TPSA) is 62.5 Å². The van der Waals surface area contributed by atoms with Crippen molar-refractivity contribution in [3.05, 3.63) is 36.2 Å². The average Bonchev–Trinajstić information content (AvgIpc) is 3.26. The van der Waals surface area contributed by atoms with Crippen LogP contribution in [0.4, 0.5) is 0 Å². The normalized spacial score (nSPS) is 32.5. The molecule has 164 valence electrons. The summed E-state index contributed by atoms with van der Waals surface area (Å²) < 4.78 is 5.84. The fraction of sp³-hybridized carbons (Fsp3) is 0.640. The lowest BCUT2D eigenvalue weighted by atomic mass is 9.49. The summed E-state index contributed by atoms with van der Waals surface area (Å²) in [6.07, 6.45) is 8.42. The Labute approximate surface area is 184 Å². The van der Waals surface area contributed by atoms with Crippen LogP contribution in [0.2, 0.25) is 0 Å². The molecule has 5 fully saturated rings. The minimum Gasteiger partial charge on any atom is -0.421 e. The molecule has 0 spiro atoms. The number of piperazine rings is 1. The highest BCUT2D eigenvalue weighted by atomic mass is 16.4. The SMILES string of the molecule is O=C(N1CCN(CCc2nnc(-c3ccccc3)o2)CC1)C12CC3CC(CC(C3)C1)C2. The number of hydrogen-bond donors (Lipinski definition) is 0. The highest BCUT2D eigenvalue weighted by Crippen LogP contribution is 2.60. The van der Waals surface area contributed by atoms with Gasteiger partial charge in [0, 0.05) is 44.7 Å². The summed E-state index contributed by atoms with van der Waals surface area (Å²) in [7, 11) is 0. The molecule has 2 aromatic rings. The summed E-state index contributed by atoms with van der Waals surface area (Å²) in [5.41, 5.74) is 0.951. The fourth-order valence-corrected chi connectivity index (χ4v) is 7.19. The summed E-state index contributed by atoms with van der Waals surface area (Å²) in [5.74, 6) is 4.23. The molecule has 0 N–H and O–H groups in total. The fourth-order valence-electron chi connectivity index (χ4n) is 7.19. The molecule has 6 heteroatoms. The standard InChI is InChI=1S/C25H32N4O2/c30-24(25-15-18-12-19(16-25)14-20(13-18)17-25)29-10-8-28(9-11-29)7-6-22-26-27-23(31-22)21-4-2-1-3-5-21/h1-5,18-20H,6-17H2. The first kappa shape index (κ1) is 19.5. The molecule has 1 aromatic carbocycles. The first-order valence-electron chi connectivity index (χ1n) is 12.1. The highest BCUT2D eigenvalue weighted by Gasteiger charge is 2.55. The smallest absolute Gasteiger partial charge is 0.247 e. The summed E-state index contributed by atoms with van der Waals surface area (Å²) in [5, 5.41) is 8.41. The third-order valence-corrected chi connectivity index (χ3v) is 8.28. The zero-order valence-corrected chi connectivity index (χ0v) is 18.2. The Kier molecular flexibility index (Phi) is 4.86. The van der Waals surface area contributed by atoms with E-state index in [9.17, 15) is 4.79 Å². The predicted octanol–water partition coefficient (Wildman–Crippen LogP) is 3.64. The van der Waals surface area contributed by atoms with E-state index in [1.165, 1.54) is 38.5 Å². The molecular formula is C25H32N4O2. The van der Waals surface area contributed by atoms with Crippen LogP contribution in [0.3, 0.4) is 0 Å². The Morgan fingerprint density at radius 1 is 0.935 bits per heavy atom. The molecule has 0 unspecified atom stereocenters. The van der Waals surface area contributed by atoms with Crippen LogP contribution in [0.1, 0.15) is 44.4 Å². The van der Waals surface area contributed by atoms with Gasteiger partial charge >= 0.3 is 0 Å². The number of carbonyl (C=O) groups excluding carboxylic acids is 1. The number of nitrogens with zero attached hydrogens (tertiary/aromatic N) is 4. The Morgan fingerprint density at radius 2 is 1.58 bits per heavy atom. The largest absolute Gasteiger partial charge is 0.421 e. The van der Waals surface area contributed by atoms with Crippen molar-refractivity contribution < 1.29 is 9.21 Å². The van der Waals surface area contributed by atoms with Crippen LogP contribution >= 0.6 is 0 Å². The third-order valence-electron chi connectivity index (χ3n) is 8.28. The number of aromatic nitrogens is 2. The first-order valence-corrected chi connectivity index (χ1v) is 12.1. The summed E-state index contributed by atoms with van der Waals surface area (Å²) in [6.45, 7) is 4.50. The number of rotatable bonds is 5. The zero-order valence-electron chi connectivity index (χ0n) is 18.2. The first-order chi connectivity index (χ1) is 15.2. The summed E-state index contributed by atoms with van der Waals surface area (Å²) in [4.78, 5) is 18.2. The van der Waals surface area contributed by atoms with Crippen molar-refractivity contribution in [1.82, 2.24) is 20.0 Å². The van der Waals surface area contributed by atoms with Crippen LogP contribution in [0.5, 0.6) is 0 Å². The Hall–Kier alpha value is -2.21. The van der Waals surface area contributed by atoms with Crippen LogP contribution in [-0.2, 0) is 11.2 Å². The lowest BCUT2D eigenvalue weighted by Crippen LogP contribution is -2.58. The summed E-state index contributed by atoms with van der Waals surface area (Å²) >= 11 is 0. The van der Waals surface area contributed by atoms with Crippen LogP contribution in [-0.4, -0.2) is 58.6 Å². The third kappa shape index (κ3) is 3.69.